The van der Waals surface area contributed by atoms with Gasteiger partial charge >= 0.3 is 0 Å². The van der Waals surface area contributed by atoms with E-state index in [4.69, 9.17) is 0 Å². The van der Waals surface area contributed by atoms with Crippen molar-refractivity contribution in [2.75, 3.05) is 6.54 Å². The summed E-state index contributed by atoms with van der Waals surface area (Å²) in [6, 6.07) is 0. The van der Waals surface area contributed by atoms with Crippen LogP contribution in [0.5, 0.6) is 0 Å². The van der Waals surface area contributed by atoms with Crippen molar-refractivity contribution in [1.82, 2.24) is 4.90 Å². The van der Waals surface area contributed by atoms with E-state index in [1.807, 2.05) is 0 Å². The van der Waals surface area contributed by atoms with Gasteiger partial charge in [-0.1, -0.05) is 20.8 Å². The monoisotopic (exact) mass is 195 g/mol. The van der Waals surface area contributed by atoms with Gasteiger partial charge in [0.1, 0.15) is 0 Å². The lowest BCUT2D eigenvalue weighted by Crippen LogP contribution is -2.38. The van der Waals surface area contributed by atoms with E-state index in [0.717, 1.165) is 6.42 Å². The van der Waals surface area contributed by atoms with Crippen LogP contribution < -0.4 is 0 Å². The molecule has 0 bridgehead atoms. The molecular formula is C11H17NO2. The van der Waals surface area contributed by atoms with Crippen LogP contribution in [0.3, 0.4) is 0 Å². The summed E-state index contributed by atoms with van der Waals surface area (Å²) in [7, 11) is 0. The van der Waals surface area contributed by atoms with Gasteiger partial charge in [-0.25, -0.2) is 0 Å². The van der Waals surface area contributed by atoms with Crippen LogP contribution in [0, 0.1) is 5.41 Å². The Morgan fingerprint density at radius 1 is 1.36 bits per heavy atom. The first-order valence-electron chi connectivity index (χ1n) is 4.91. The molecular weight excluding hydrogens is 178 g/mol. The Bertz CT molecular complexity index is 302. The van der Waals surface area contributed by atoms with E-state index in [1.165, 1.54) is 11.0 Å². The number of amides is 2. The number of imide groups is 1. The number of hydrogen-bond acceptors (Lipinski definition) is 2. The lowest BCUT2D eigenvalue weighted by molar-refractivity contribution is -0.138. The highest BCUT2D eigenvalue weighted by Crippen LogP contribution is 2.24. The van der Waals surface area contributed by atoms with Gasteiger partial charge in [0.2, 0.25) is 0 Å². The maximum absolute atomic E-state index is 11.5. The standard InChI is InChI=1S/C11H17NO2/c1-5-11(3,4)7-12-9(13)6-8(2)10(12)14/h6H,5,7H2,1-4H3. The van der Waals surface area contributed by atoms with Gasteiger partial charge < -0.3 is 0 Å². The minimum Gasteiger partial charge on any atom is -0.275 e. The zero-order valence-electron chi connectivity index (χ0n) is 9.26. The molecule has 0 aromatic rings. The predicted octanol–water partition coefficient (Wildman–Crippen LogP) is 1.74. The molecule has 1 heterocycles. The Labute approximate surface area is 84.8 Å². The van der Waals surface area contributed by atoms with Crippen molar-refractivity contribution in [3.8, 4) is 0 Å². The van der Waals surface area contributed by atoms with Crippen molar-refractivity contribution < 1.29 is 9.59 Å². The summed E-state index contributed by atoms with van der Waals surface area (Å²) in [5, 5.41) is 0. The van der Waals surface area contributed by atoms with E-state index in [1.54, 1.807) is 6.92 Å². The molecule has 1 aliphatic heterocycles. The van der Waals surface area contributed by atoms with Crippen LogP contribution in [-0.2, 0) is 9.59 Å². The van der Waals surface area contributed by atoms with Crippen LogP contribution >= 0.6 is 0 Å². The Kier molecular flexibility index (Phi) is 2.79. The average Bonchev–Trinajstić information content (AvgIpc) is 2.32. The Morgan fingerprint density at radius 3 is 2.29 bits per heavy atom. The summed E-state index contributed by atoms with van der Waals surface area (Å²) in [5.74, 6) is -0.314. The van der Waals surface area contributed by atoms with Crippen LogP contribution in [0.15, 0.2) is 11.6 Å². The Morgan fingerprint density at radius 2 is 1.93 bits per heavy atom. The molecule has 0 fully saturated rings. The summed E-state index contributed by atoms with van der Waals surface area (Å²) in [6.07, 6.45) is 2.36. The van der Waals surface area contributed by atoms with Gasteiger partial charge in [0.25, 0.3) is 11.8 Å². The van der Waals surface area contributed by atoms with Crippen LogP contribution in [0.1, 0.15) is 34.1 Å². The van der Waals surface area contributed by atoms with Crippen molar-refractivity contribution in [2.24, 2.45) is 5.41 Å². The topological polar surface area (TPSA) is 37.4 Å². The van der Waals surface area contributed by atoms with Gasteiger partial charge in [0.15, 0.2) is 0 Å². The molecule has 3 nitrogen and oxygen atoms in total. The molecule has 0 aromatic carbocycles. The van der Waals surface area contributed by atoms with Gasteiger partial charge in [-0.2, -0.15) is 0 Å². The van der Waals surface area contributed by atoms with E-state index in [2.05, 4.69) is 20.8 Å². The second-order valence-corrected chi connectivity index (χ2v) is 4.57. The molecule has 0 radical (unpaired) electrons. The molecule has 0 saturated heterocycles. The Hall–Kier alpha value is -1.12. The maximum atomic E-state index is 11.5. The van der Waals surface area contributed by atoms with Crippen molar-refractivity contribution >= 4 is 11.8 Å². The molecule has 0 N–H and O–H groups in total. The maximum Gasteiger partial charge on any atom is 0.256 e. The Balaban J connectivity index is 2.74. The van der Waals surface area contributed by atoms with Gasteiger partial charge in [-0.05, 0) is 18.8 Å². The SMILES string of the molecule is CCC(C)(C)CN1C(=O)C=C(C)C1=O. The molecule has 3 heteroatoms. The quantitative estimate of drug-likeness (QED) is 0.643. The zero-order valence-corrected chi connectivity index (χ0v) is 9.26. The van der Waals surface area contributed by atoms with Crippen LogP contribution in [0.4, 0.5) is 0 Å². The highest BCUT2D eigenvalue weighted by Gasteiger charge is 2.32. The summed E-state index contributed by atoms with van der Waals surface area (Å²) in [5.41, 5.74) is 0.547. The van der Waals surface area contributed by atoms with Crippen LogP contribution in [0.25, 0.3) is 0 Å². The zero-order chi connectivity index (χ0) is 10.9. The van der Waals surface area contributed by atoms with Gasteiger partial charge in [0.05, 0.1) is 0 Å². The fraction of sp³-hybridized carbons (Fsp3) is 0.636. The molecule has 1 rings (SSSR count). The molecule has 0 atom stereocenters. The molecule has 0 saturated carbocycles. The van der Waals surface area contributed by atoms with Gasteiger partial charge in [0, 0.05) is 18.2 Å². The lowest BCUT2D eigenvalue weighted by Gasteiger charge is -2.27. The molecule has 1 aliphatic rings. The molecule has 78 valence electrons. The highest BCUT2D eigenvalue weighted by atomic mass is 16.2. The normalized spacial score (nSPS) is 17.7. The molecule has 0 aromatic heterocycles. The fourth-order valence-corrected chi connectivity index (χ4v) is 1.33. The number of hydrogen-bond donors (Lipinski definition) is 0. The van der Waals surface area contributed by atoms with Crippen molar-refractivity contribution in [1.29, 1.82) is 0 Å². The summed E-state index contributed by atoms with van der Waals surface area (Å²) >= 11 is 0. The van der Waals surface area contributed by atoms with E-state index in [9.17, 15) is 9.59 Å². The number of carbonyl (C=O) groups excluding carboxylic acids is 2. The van der Waals surface area contributed by atoms with Crippen LogP contribution in [-0.4, -0.2) is 23.3 Å². The molecule has 0 spiro atoms. The fourth-order valence-electron chi connectivity index (χ4n) is 1.33. The second kappa shape index (κ2) is 3.56. The molecule has 0 unspecified atom stereocenters. The summed E-state index contributed by atoms with van der Waals surface area (Å²) < 4.78 is 0. The molecule has 2 amide bonds. The van der Waals surface area contributed by atoms with E-state index >= 15 is 0 Å². The first kappa shape index (κ1) is 11.0. The van der Waals surface area contributed by atoms with Crippen molar-refractivity contribution in [2.45, 2.75) is 34.1 Å². The average molecular weight is 195 g/mol. The minimum atomic E-state index is -0.172. The van der Waals surface area contributed by atoms with E-state index in [0.29, 0.717) is 12.1 Å². The molecule has 14 heavy (non-hydrogen) atoms. The molecule has 0 aliphatic carbocycles. The smallest absolute Gasteiger partial charge is 0.256 e. The first-order valence-corrected chi connectivity index (χ1v) is 4.91. The lowest BCUT2D eigenvalue weighted by atomic mass is 9.90. The third-order valence-electron chi connectivity index (χ3n) is 2.73. The number of nitrogens with zero attached hydrogens (tertiary/aromatic N) is 1. The minimum absolute atomic E-state index is 0.00375. The van der Waals surface area contributed by atoms with Gasteiger partial charge in [-0.15, -0.1) is 0 Å². The van der Waals surface area contributed by atoms with E-state index in [-0.39, 0.29) is 17.2 Å². The van der Waals surface area contributed by atoms with Crippen LogP contribution in [0.2, 0.25) is 0 Å². The number of carbonyl (C=O) groups is 2. The predicted molar refractivity (Wildman–Crippen MR) is 54.5 cm³/mol. The van der Waals surface area contributed by atoms with Gasteiger partial charge in [-0.3, -0.25) is 14.5 Å². The van der Waals surface area contributed by atoms with E-state index < -0.39 is 0 Å². The van der Waals surface area contributed by atoms with Crippen molar-refractivity contribution in [3.63, 3.8) is 0 Å². The third-order valence-corrected chi connectivity index (χ3v) is 2.73. The third kappa shape index (κ3) is 2.03. The largest absolute Gasteiger partial charge is 0.275 e. The second-order valence-electron chi connectivity index (χ2n) is 4.57. The first-order chi connectivity index (χ1) is 6.37. The van der Waals surface area contributed by atoms with Crippen molar-refractivity contribution in [3.05, 3.63) is 11.6 Å². The number of rotatable bonds is 3. The summed E-state index contributed by atoms with van der Waals surface area (Å²) in [6.45, 7) is 8.36. The highest BCUT2D eigenvalue weighted by molar-refractivity contribution is 6.15. The summed E-state index contributed by atoms with van der Waals surface area (Å²) in [4.78, 5) is 24.3.